The van der Waals surface area contributed by atoms with E-state index in [2.05, 4.69) is 10.0 Å². The first-order valence-corrected chi connectivity index (χ1v) is 13.7. The van der Waals surface area contributed by atoms with Crippen molar-refractivity contribution < 1.29 is 18.3 Å². The van der Waals surface area contributed by atoms with Crippen LogP contribution in [0.25, 0.3) is 0 Å². The summed E-state index contributed by atoms with van der Waals surface area (Å²) >= 11 is 5.98. The number of anilines is 1. The Morgan fingerprint density at radius 2 is 1.63 bits per heavy atom. The minimum atomic E-state index is -3.82. The van der Waals surface area contributed by atoms with Gasteiger partial charge in [0.25, 0.3) is 0 Å². The number of nitrogens with one attached hydrogen (secondary N) is 2. The number of carboxylic acid groups (broad SMARTS) is 1. The maximum Gasteiger partial charge on any atom is 0.337 e. The van der Waals surface area contributed by atoms with Crippen molar-refractivity contribution in [1.82, 2.24) is 4.72 Å². The summed E-state index contributed by atoms with van der Waals surface area (Å²) in [7, 11) is -3.82. The maximum atomic E-state index is 12.7. The summed E-state index contributed by atoms with van der Waals surface area (Å²) in [6.07, 6.45) is 3.13. The second-order valence-electron chi connectivity index (χ2n) is 8.32. The highest BCUT2D eigenvalue weighted by molar-refractivity contribution is 7.89. The van der Waals surface area contributed by atoms with Crippen LogP contribution in [0.3, 0.4) is 0 Å². The summed E-state index contributed by atoms with van der Waals surface area (Å²) in [6, 6.07) is 24.0. The topological polar surface area (TPSA) is 95.5 Å². The lowest BCUT2D eigenvalue weighted by molar-refractivity contribution is 0.0697. The van der Waals surface area contributed by atoms with Crippen molar-refractivity contribution in [3.05, 3.63) is 95.6 Å². The van der Waals surface area contributed by atoms with Crippen LogP contribution in [0.1, 0.15) is 46.7 Å². The van der Waals surface area contributed by atoms with Gasteiger partial charge in [-0.3, -0.25) is 0 Å². The number of aromatic carboxylic acids is 1. The van der Waals surface area contributed by atoms with Gasteiger partial charge >= 0.3 is 5.97 Å². The maximum absolute atomic E-state index is 12.7. The molecule has 6 nitrogen and oxygen atoms in total. The molecule has 3 rings (SSSR count). The fourth-order valence-corrected chi connectivity index (χ4v) is 5.25. The number of rotatable bonds is 14. The Kier molecular flexibility index (Phi) is 10.1. The predicted octanol–water partition coefficient (Wildman–Crippen LogP) is 5.51. The summed E-state index contributed by atoms with van der Waals surface area (Å²) in [5, 5.41) is 12.9. The van der Waals surface area contributed by atoms with E-state index in [1.807, 2.05) is 60.7 Å². The van der Waals surface area contributed by atoms with Crippen LogP contribution >= 0.6 is 11.6 Å². The van der Waals surface area contributed by atoms with E-state index < -0.39 is 16.0 Å². The molecule has 0 saturated carbocycles. The van der Waals surface area contributed by atoms with Gasteiger partial charge in [0.1, 0.15) is 0 Å². The third-order valence-electron chi connectivity index (χ3n) is 5.83. The third-order valence-corrected chi connectivity index (χ3v) is 7.50. The van der Waals surface area contributed by atoms with Crippen LogP contribution in [-0.4, -0.2) is 38.5 Å². The van der Waals surface area contributed by atoms with Crippen LogP contribution in [0.5, 0.6) is 0 Å². The van der Waals surface area contributed by atoms with E-state index in [0.717, 1.165) is 24.8 Å². The molecular formula is C27H31ClN2O4S. The molecule has 0 fully saturated rings. The van der Waals surface area contributed by atoms with E-state index in [-0.39, 0.29) is 22.9 Å². The molecule has 0 spiro atoms. The smallest absolute Gasteiger partial charge is 0.337 e. The van der Waals surface area contributed by atoms with Gasteiger partial charge in [-0.2, -0.15) is 0 Å². The summed E-state index contributed by atoms with van der Waals surface area (Å²) in [4.78, 5) is 11.8. The van der Waals surface area contributed by atoms with Crippen LogP contribution in [0, 0.1) is 0 Å². The van der Waals surface area contributed by atoms with Crippen LogP contribution in [0.4, 0.5) is 5.69 Å². The van der Waals surface area contributed by atoms with Crippen molar-refractivity contribution >= 4 is 33.3 Å². The predicted molar refractivity (Wildman–Crippen MR) is 141 cm³/mol. The van der Waals surface area contributed by atoms with Crippen LogP contribution in [-0.2, 0) is 16.4 Å². The number of carbonyl (C=O) groups is 1. The van der Waals surface area contributed by atoms with E-state index in [0.29, 0.717) is 24.5 Å². The quantitative estimate of drug-likeness (QED) is 0.195. The average molecular weight is 515 g/mol. The molecule has 0 saturated heterocycles. The third kappa shape index (κ3) is 8.09. The zero-order valence-corrected chi connectivity index (χ0v) is 21.1. The molecule has 1 unspecified atom stereocenters. The molecule has 8 heteroatoms. The number of alkyl halides is 1. The summed E-state index contributed by atoms with van der Waals surface area (Å²) < 4.78 is 28.1. The van der Waals surface area contributed by atoms with Crippen LogP contribution in [0.15, 0.2) is 83.8 Å². The molecule has 3 aromatic carbocycles. The molecule has 3 N–H and O–H groups in total. The van der Waals surface area contributed by atoms with E-state index in [9.17, 15) is 18.3 Å². The first-order chi connectivity index (χ1) is 16.9. The first kappa shape index (κ1) is 26.7. The van der Waals surface area contributed by atoms with Gasteiger partial charge in [-0.1, -0.05) is 60.7 Å². The highest BCUT2D eigenvalue weighted by Gasteiger charge is 2.20. The molecule has 0 aliphatic carbocycles. The molecular weight excluding hydrogens is 484 g/mol. The van der Waals surface area contributed by atoms with E-state index in [1.165, 1.54) is 23.8 Å². The van der Waals surface area contributed by atoms with Crippen molar-refractivity contribution in [3.63, 3.8) is 0 Å². The minimum absolute atomic E-state index is 0.0659. The largest absolute Gasteiger partial charge is 0.478 e. The molecule has 0 aliphatic rings. The molecule has 0 heterocycles. The van der Waals surface area contributed by atoms with E-state index >= 15 is 0 Å². The van der Waals surface area contributed by atoms with Gasteiger partial charge in [0.05, 0.1) is 10.5 Å². The van der Waals surface area contributed by atoms with Gasteiger partial charge in [-0.25, -0.2) is 17.9 Å². The zero-order valence-electron chi connectivity index (χ0n) is 19.5. The summed E-state index contributed by atoms with van der Waals surface area (Å²) in [5.41, 5.74) is 2.60. The molecule has 0 radical (unpaired) electrons. The second kappa shape index (κ2) is 13.3. The van der Waals surface area contributed by atoms with Gasteiger partial charge in [0.2, 0.25) is 10.0 Å². The lowest BCUT2D eigenvalue weighted by Crippen LogP contribution is -2.25. The minimum Gasteiger partial charge on any atom is -0.478 e. The number of aryl methyl sites for hydroxylation is 1. The molecule has 186 valence electrons. The Morgan fingerprint density at radius 3 is 2.29 bits per heavy atom. The number of sulfonamides is 1. The average Bonchev–Trinajstić information content (AvgIpc) is 2.87. The van der Waals surface area contributed by atoms with Crippen molar-refractivity contribution in [1.29, 1.82) is 0 Å². The monoisotopic (exact) mass is 514 g/mol. The lowest BCUT2D eigenvalue weighted by atomic mass is 9.96. The van der Waals surface area contributed by atoms with Gasteiger partial charge in [0.15, 0.2) is 0 Å². The van der Waals surface area contributed by atoms with Gasteiger partial charge in [-0.15, -0.1) is 11.6 Å². The number of unbranched alkanes of at least 4 members (excludes halogenated alkanes) is 1. The summed E-state index contributed by atoms with van der Waals surface area (Å²) in [6.45, 7) is 0.761. The van der Waals surface area contributed by atoms with Crippen LogP contribution in [0.2, 0.25) is 0 Å². The number of hydrogen-bond acceptors (Lipinski definition) is 4. The fourth-order valence-electron chi connectivity index (χ4n) is 3.89. The van der Waals surface area contributed by atoms with E-state index in [4.69, 9.17) is 11.6 Å². The van der Waals surface area contributed by atoms with Gasteiger partial charge in [-0.05, 0) is 55.0 Å². The highest BCUT2D eigenvalue weighted by atomic mass is 35.5. The second-order valence-corrected chi connectivity index (χ2v) is 10.5. The van der Waals surface area contributed by atoms with Crippen molar-refractivity contribution in [2.24, 2.45) is 0 Å². The van der Waals surface area contributed by atoms with Gasteiger partial charge < -0.3 is 10.4 Å². The Labute approximate surface area is 212 Å². The Balaban J connectivity index is 1.62. The molecule has 0 aromatic heterocycles. The highest BCUT2D eigenvalue weighted by Crippen LogP contribution is 2.25. The SMILES string of the molecule is O=C(O)c1cc(S(=O)(=O)NCCCCc2ccccc2)ccc1NCC(CCCl)c1ccccc1. The lowest BCUT2D eigenvalue weighted by Gasteiger charge is -2.19. The first-order valence-electron chi connectivity index (χ1n) is 11.7. The fraction of sp³-hybridized carbons (Fsp3) is 0.296. The number of hydrogen-bond donors (Lipinski definition) is 3. The normalized spacial score (nSPS) is 12.3. The molecule has 0 amide bonds. The van der Waals surface area contributed by atoms with Crippen molar-refractivity contribution in [3.8, 4) is 0 Å². The number of carboxylic acids is 1. The Morgan fingerprint density at radius 1 is 0.943 bits per heavy atom. The van der Waals surface area contributed by atoms with Gasteiger partial charge in [0, 0.05) is 30.6 Å². The van der Waals surface area contributed by atoms with E-state index in [1.54, 1.807) is 0 Å². The Hall–Kier alpha value is -2.87. The summed E-state index contributed by atoms with van der Waals surface area (Å²) in [5.74, 6) is -0.626. The molecule has 3 aromatic rings. The zero-order chi connectivity index (χ0) is 25.1. The molecule has 1 atom stereocenters. The van der Waals surface area contributed by atoms with Crippen LogP contribution < -0.4 is 10.0 Å². The number of halogens is 1. The molecule has 35 heavy (non-hydrogen) atoms. The Bertz CT molecular complexity index is 1190. The van der Waals surface area contributed by atoms with Crippen molar-refractivity contribution in [2.75, 3.05) is 24.3 Å². The van der Waals surface area contributed by atoms with Crippen molar-refractivity contribution in [2.45, 2.75) is 36.5 Å². The number of benzene rings is 3. The molecule has 0 bridgehead atoms. The standard InChI is InChI=1S/C27H31ClN2O4S/c28-17-16-23(22-12-5-2-6-13-22)20-29-26-15-14-24(19-25(26)27(31)32)35(33,34)30-18-8-7-11-21-9-3-1-4-10-21/h1-6,9-10,12-15,19,23,29-30H,7-8,11,16-18,20H2,(H,31,32). The molecule has 0 aliphatic heterocycles.